The van der Waals surface area contributed by atoms with Crippen LogP contribution in [-0.2, 0) is 11.3 Å². The number of carbonyl (C=O) groups is 1. The molecule has 2 bridgehead atoms. The Morgan fingerprint density at radius 3 is 2.65 bits per heavy atom. The zero-order valence-electron chi connectivity index (χ0n) is 13.6. The van der Waals surface area contributed by atoms with E-state index in [4.69, 9.17) is 0 Å². The molecule has 2 aliphatic rings. The number of rotatable bonds is 5. The molecule has 2 unspecified atom stereocenters. The molecular weight excluding hydrogens is 298 g/mol. The maximum absolute atomic E-state index is 12.2. The maximum atomic E-state index is 12.2. The molecule has 0 aliphatic carbocycles. The van der Waals surface area contributed by atoms with Crippen LogP contribution in [0.5, 0.6) is 0 Å². The maximum Gasteiger partial charge on any atom is 0.309 e. The number of hydrogen-bond donors (Lipinski definition) is 1. The van der Waals surface area contributed by atoms with Gasteiger partial charge in [0.15, 0.2) is 0 Å². The largest absolute Gasteiger partial charge is 0.353 e. The average molecular weight is 321 g/mol. The van der Waals surface area contributed by atoms with Gasteiger partial charge in [0.05, 0.1) is 11.5 Å². The number of carbonyl (C=O) groups excluding carboxylic acids is 1. The zero-order valence-corrected chi connectivity index (χ0v) is 13.6. The van der Waals surface area contributed by atoms with Crippen LogP contribution in [0.15, 0.2) is 6.20 Å². The van der Waals surface area contributed by atoms with Gasteiger partial charge in [-0.25, -0.2) is 0 Å². The van der Waals surface area contributed by atoms with Gasteiger partial charge >= 0.3 is 5.69 Å². The zero-order chi connectivity index (χ0) is 16.6. The molecule has 1 amide bonds. The molecule has 0 radical (unpaired) electrons. The third-order valence-electron chi connectivity index (χ3n) is 5.29. The Morgan fingerprint density at radius 2 is 2.09 bits per heavy atom. The average Bonchev–Trinajstić information content (AvgIpc) is 2.93. The highest BCUT2D eigenvalue weighted by Gasteiger charge is 2.38. The van der Waals surface area contributed by atoms with E-state index in [1.807, 2.05) is 0 Å². The summed E-state index contributed by atoms with van der Waals surface area (Å²) in [5.74, 6) is -0.00324. The second kappa shape index (κ2) is 6.27. The molecule has 0 saturated carbocycles. The van der Waals surface area contributed by atoms with E-state index >= 15 is 0 Å². The first kappa shape index (κ1) is 15.9. The molecule has 0 spiro atoms. The highest BCUT2D eigenvalue weighted by molar-refractivity contribution is 5.76. The summed E-state index contributed by atoms with van der Waals surface area (Å²) in [6.45, 7) is 2.02. The molecular formula is C15H23N5O3. The number of aryl methyl sites for hydroxylation is 1. The molecule has 1 aromatic heterocycles. The quantitative estimate of drug-likeness (QED) is 0.650. The number of nitro groups is 1. The summed E-state index contributed by atoms with van der Waals surface area (Å²) in [5, 5.41) is 17.9. The monoisotopic (exact) mass is 321 g/mol. The number of nitrogens with zero attached hydrogens (tertiary/aromatic N) is 4. The fourth-order valence-electron chi connectivity index (χ4n) is 3.88. The second-order valence-electron chi connectivity index (χ2n) is 6.63. The van der Waals surface area contributed by atoms with Gasteiger partial charge in [-0.15, -0.1) is 0 Å². The molecule has 2 fully saturated rings. The Labute approximate surface area is 135 Å². The van der Waals surface area contributed by atoms with E-state index in [9.17, 15) is 14.9 Å². The van der Waals surface area contributed by atoms with Gasteiger partial charge in [0.25, 0.3) is 0 Å². The third-order valence-corrected chi connectivity index (χ3v) is 5.29. The molecule has 8 nitrogen and oxygen atoms in total. The summed E-state index contributed by atoms with van der Waals surface area (Å²) in [6, 6.07) is 1.44. The topological polar surface area (TPSA) is 93.3 Å². The first-order valence-corrected chi connectivity index (χ1v) is 8.13. The van der Waals surface area contributed by atoms with Crippen LogP contribution < -0.4 is 5.32 Å². The summed E-state index contributed by atoms with van der Waals surface area (Å²) in [7, 11) is 2.17. The number of aromatic nitrogens is 2. The van der Waals surface area contributed by atoms with Crippen molar-refractivity contribution in [2.24, 2.45) is 0 Å². The van der Waals surface area contributed by atoms with E-state index in [1.54, 1.807) is 6.92 Å². The van der Waals surface area contributed by atoms with E-state index in [0.29, 0.717) is 30.7 Å². The fourth-order valence-corrected chi connectivity index (χ4v) is 3.88. The van der Waals surface area contributed by atoms with Crippen molar-refractivity contribution in [2.75, 3.05) is 7.05 Å². The SMILES string of the molecule is Cc1c([N+](=O)[O-])cnn1CCC(=O)NC1CC2CCC(C1)N2C. The van der Waals surface area contributed by atoms with E-state index in [1.165, 1.54) is 23.7 Å². The number of fused-ring (bicyclic) bond motifs is 2. The lowest BCUT2D eigenvalue weighted by atomic mass is 9.98. The van der Waals surface area contributed by atoms with Crippen molar-refractivity contribution in [1.29, 1.82) is 0 Å². The van der Waals surface area contributed by atoms with Gasteiger partial charge in [-0.1, -0.05) is 0 Å². The summed E-state index contributed by atoms with van der Waals surface area (Å²) in [4.78, 5) is 24.9. The summed E-state index contributed by atoms with van der Waals surface area (Å²) < 4.78 is 1.52. The van der Waals surface area contributed by atoms with Gasteiger partial charge in [0.1, 0.15) is 11.9 Å². The highest BCUT2D eigenvalue weighted by Crippen LogP contribution is 2.34. The predicted molar refractivity (Wildman–Crippen MR) is 84.0 cm³/mol. The minimum absolute atomic E-state index is 0.00250. The van der Waals surface area contributed by atoms with Gasteiger partial charge < -0.3 is 10.2 Å². The van der Waals surface area contributed by atoms with Gasteiger partial charge in [0, 0.05) is 24.5 Å². The molecule has 8 heteroatoms. The predicted octanol–water partition coefficient (Wildman–Crippen LogP) is 1.23. The molecule has 2 aliphatic heterocycles. The van der Waals surface area contributed by atoms with Crippen LogP contribution in [-0.4, -0.2) is 50.7 Å². The first-order valence-electron chi connectivity index (χ1n) is 8.13. The number of amides is 1. The van der Waals surface area contributed by atoms with Crippen LogP contribution in [0.25, 0.3) is 0 Å². The normalized spacial score (nSPS) is 27.1. The Bertz CT molecular complexity index is 600. The van der Waals surface area contributed by atoms with Crippen LogP contribution >= 0.6 is 0 Å². The molecule has 2 saturated heterocycles. The molecule has 2 atom stereocenters. The second-order valence-corrected chi connectivity index (χ2v) is 6.63. The third kappa shape index (κ3) is 3.21. The van der Waals surface area contributed by atoms with Crippen LogP contribution in [0.3, 0.4) is 0 Å². The summed E-state index contributed by atoms with van der Waals surface area (Å²) >= 11 is 0. The Kier molecular flexibility index (Phi) is 4.34. The van der Waals surface area contributed by atoms with Crippen molar-refractivity contribution in [3.05, 3.63) is 22.0 Å². The number of hydrogen-bond acceptors (Lipinski definition) is 5. The fraction of sp³-hybridized carbons (Fsp3) is 0.733. The van der Waals surface area contributed by atoms with Crippen LogP contribution in [0.1, 0.15) is 37.8 Å². The van der Waals surface area contributed by atoms with E-state index in [-0.39, 0.29) is 17.6 Å². The summed E-state index contributed by atoms with van der Waals surface area (Å²) in [5.41, 5.74) is 0.484. The molecule has 0 aromatic carbocycles. The first-order chi connectivity index (χ1) is 11.0. The minimum Gasteiger partial charge on any atom is -0.353 e. The van der Waals surface area contributed by atoms with Gasteiger partial charge in [-0.3, -0.25) is 19.6 Å². The van der Waals surface area contributed by atoms with Gasteiger partial charge in [-0.05, 0) is 39.7 Å². The molecule has 23 heavy (non-hydrogen) atoms. The van der Waals surface area contributed by atoms with Gasteiger partial charge in [-0.2, -0.15) is 5.10 Å². The lowest BCUT2D eigenvalue weighted by Gasteiger charge is -2.36. The molecule has 3 rings (SSSR count). The number of nitrogens with one attached hydrogen (secondary N) is 1. The number of piperidine rings is 1. The van der Waals surface area contributed by atoms with Crippen LogP contribution in [0.4, 0.5) is 5.69 Å². The van der Waals surface area contributed by atoms with Crippen molar-refractivity contribution < 1.29 is 9.72 Å². The highest BCUT2D eigenvalue weighted by atomic mass is 16.6. The Morgan fingerprint density at radius 1 is 1.43 bits per heavy atom. The lowest BCUT2D eigenvalue weighted by Crippen LogP contribution is -2.48. The van der Waals surface area contributed by atoms with Crippen LogP contribution in [0, 0.1) is 17.0 Å². The van der Waals surface area contributed by atoms with E-state index < -0.39 is 4.92 Å². The van der Waals surface area contributed by atoms with Crippen LogP contribution in [0.2, 0.25) is 0 Å². The van der Waals surface area contributed by atoms with Crippen molar-refractivity contribution in [3.63, 3.8) is 0 Å². The van der Waals surface area contributed by atoms with E-state index in [0.717, 1.165) is 12.8 Å². The lowest BCUT2D eigenvalue weighted by molar-refractivity contribution is -0.385. The van der Waals surface area contributed by atoms with E-state index in [2.05, 4.69) is 22.4 Å². The molecule has 1 aromatic rings. The molecule has 3 heterocycles. The standard InChI is InChI=1S/C15H23N5O3/c1-10-14(20(22)23)9-16-19(10)6-5-15(21)17-11-7-12-3-4-13(8-11)18(12)2/h9,11-13H,3-8H2,1-2H3,(H,17,21). The Hall–Kier alpha value is -1.96. The molecule has 126 valence electrons. The Balaban J connectivity index is 1.50. The smallest absolute Gasteiger partial charge is 0.309 e. The molecule has 1 N–H and O–H groups in total. The summed E-state index contributed by atoms with van der Waals surface area (Å²) in [6.07, 6.45) is 6.02. The van der Waals surface area contributed by atoms with Crippen molar-refractivity contribution in [3.8, 4) is 0 Å². The van der Waals surface area contributed by atoms with Crippen molar-refractivity contribution in [2.45, 2.75) is 63.7 Å². The van der Waals surface area contributed by atoms with Crippen molar-refractivity contribution in [1.82, 2.24) is 20.0 Å². The van der Waals surface area contributed by atoms with Gasteiger partial charge in [0.2, 0.25) is 5.91 Å². The minimum atomic E-state index is -0.451. The van der Waals surface area contributed by atoms with Crippen molar-refractivity contribution >= 4 is 11.6 Å².